The summed E-state index contributed by atoms with van der Waals surface area (Å²) in [6.45, 7) is 0. The van der Waals surface area contributed by atoms with E-state index in [-0.39, 0.29) is 6.04 Å². The quantitative estimate of drug-likeness (QED) is 0.886. The fourth-order valence-electron chi connectivity index (χ4n) is 2.53. The van der Waals surface area contributed by atoms with Gasteiger partial charge < -0.3 is 5.11 Å². The first-order valence-corrected chi connectivity index (χ1v) is 7.31. The van der Waals surface area contributed by atoms with Crippen LogP contribution in [0.1, 0.15) is 43.7 Å². The maximum Gasteiger partial charge on any atom is 0.325 e. The van der Waals surface area contributed by atoms with Gasteiger partial charge in [0.1, 0.15) is 11.9 Å². The largest absolute Gasteiger partial charge is 0.480 e. The molecule has 0 bridgehead atoms. The van der Waals surface area contributed by atoms with E-state index in [1.54, 1.807) is 6.07 Å². The number of nitrogens with one attached hydrogen (secondary N) is 1. The van der Waals surface area contributed by atoms with Gasteiger partial charge in [0, 0.05) is 10.5 Å². The second kappa shape index (κ2) is 6.48. The minimum Gasteiger partial charge on any atom is -0.480 e. The molecule has 0 spiro atoms. The normalized spacial score (nSPS) is 18.2. The first kappa shape index (κ1) is 14.5. The zero-order chi connectivity index (χ0) is 13.8. The second-order valence-electron chi connectivity index (χ2n) is 4.94. The Bertz CT molecular complexity index is 461. The Morgan fingerprint density at radius 1 is 1.37 bits per heavy atom. The molecule has 1 atom stereocenters. The summed E-state index contributed by atoms with van der Waals surface area (Å²) in [4.78, 5) is 11.4. The number of hydrogen-bond donors (Lipinski definition) is 2. The summed E-state index contributed by atoms with van der Waals surface area (Å²) in [6, 6.07) is 3.47. The number of carboxylic acids is 1. The van der Waals surface area contributed by atoms with Gasteiger partial charge in [-0.25, -0.2) is 4.39 Å². The van der Waals surface area contributed by atoms with Crippen LogP contribution >= 0.6 is 15.9 Å². The summed E-state index contributed by atoms with van der Waals surface area (Å²) in [7, 11) is 0. The van der Waals surface area contributed by atoms with Crippen LogP contribution in [0, 0.1) is 5.82 Å². The number of hydrogen-bond acceptors (Lipinski definition) is 2. The lowest BCUT2D eigenvalue weighted by atomic mass is 9.94. The smallest absolute Gasteiger partial charge is 0.325 e. The molecule has 0 amide bonds. The molecular weight excluding hydrogens is 313 g/mol. The number of carbonyl (C=O) groups is 1. The van der Waals surface area contributed by atoms with Crippen LogP contribution in [-0.4, -0.2) is 17.1 Å². The molecule has 3 nitrogen and oxygen atoms in total. The molecular formula is C14H17BrFNO2. The van der Waals surface area contributed by atoms with Gasteiger partial charge in [0.05, 0.1) is 0 Å². The number of benzene rings is 1. The van der Waals surface area contributed by atoms with E-state index in [1.807, 2.05) is 0 Å². The fourth-order valence-corrected chi connectivity index (χ4v) is 3.01. The van der Waals surface area contributed by atoms with Gasteiger partial charge in [-0.05, 0) is 36.6 Å². The minimum atomic E-state index is -0.975. The predicted molar refractivity (Wildman–Crippen MR) is 74.5 cm³/mol. The summed E-state index contributed by atoms with van der Waals surface area (Å²) >= 11 is 3.29. The van der Waals surface area contributed by atoms with Crippen molar-refractivity contribution in [2.75, 3.05) is 0 Å². The third-order valence-corrected chi connectivity index (χ3v) is 4.25. The number of halogens is 2. The van der Waals surface area contributed by atoms with E-state index in [4.69, 9.17) is 0 Å². The molecule has 0 radical (unpaired) electrons. The molecule has 1 aromatic carbocycles. The van der Waals surface area contributed by atoms with Crippen LogP contribution in [0.3, 0.4) is 0 Å². The van der Waals surface area contributed by atoms with E-state index in [1.165, 1.54) is 18.6 Å². The second-order valence-corrected chi connectivity index (χ2v) is 5.79. The summed E-state index contributed by atoms with van der Waals surface area (Å²) in [5, 5.41) is 12.5. The van der Waals surface area contributed by atoms with E-state index in [0.29, 0.717) is 10.0 Å². The molecule has 0 saturated heterocycles. The van der Waals surface area contributed by atoms with Gasteiger partial charge >= 0.3 is 5.97 Å². The molecule has 2 N–H and O–H groups in total. The number of rotatable bonds is 4. The molecule has 1 unspecified atom stereocenters. The van der Waals surface area contributed by atoms with Crippen LogP contribution in [0.5, 0.6) is 0 Å². The van der Waals surface area contributed by atoms with Crippen LogP contribution in [-0.2, 0) is 4.79 Å². The molecule has 1 saturated carbocycles. The molecule has 104 valence electrons. The SMILES string of the molecule is O=C(O)C(NC1CCCCC1)c1cc(F)ccc1Br. The maximum absolute atomic E-state index is 13.3. The van der Waals surface area contributed by atoms with E-state index in [0.717, 1.165) is 25.7 Å². The van der Waals surface area contributed by atoms with E-state index >= 15 is 0 Å². The maximum atomic E-state index is 13.3. The fraction of sp³-hybridized carbons (Fsp3) is 0.500. The van der Waals surface area contributed by atoms with Crippen molar-refractivity contribution in [2.45, 2.75) is 44.2 Å². The molecule has 0 aromatic heterocycles. The standard InChI is InChI=1S/C14H17BrFNO2/c15-12-7-6-9(16)8-11(12)13(14(18)19)17-10-4-2-1-3-5-10/h6-8,10,13,17H,1-5H2,(H,18,19). The first-order valence-electron chi connectivity index (χ1n) is 6.51. The van der Waals surface area contributed by atoms with Crippen molar-refractivity contribution in [1.29, 1.82) is 0 Å². The molecule has 0 heterocycles. The zero-order valence-electron chi connectivity index (χ0n) is 10.5. The van der Waals surface area contributed by atoms with Crippen molar-refractivity contribution in [2.24, 2.45) is 0 Å². The molecule has 1 aliphatic carbocycles. The van der Waals surface area contributed by atoms with Crippen LogP contribution in [0.4, 0.5) is 4.39 Å². The average Bonchev–Trinajstić information content (AvgIpc) is 2.40. The highest BCUT2D eigenvalue weighted by atomic mass is 79.9. The van der Waals surface area contributed by atoms with Crippen LogP contribution in [0.15, 0.2) is 22.7 Å². The Kier molecular flexibility index (Phi) is 4.93. The molecule has 1 fully saturated rings. The summed E-state index contributed by atoms with van der Waals surface area (Å²) in [6.07, 6.45) is 5.41. The van der Waals surface area contributed by atoms with E-state index < -0.39 is 17.8 Å². The van der Waals surface area contributed by atoms with Crippen molar-refractivity contribution in [3.8, 4) is 0 Å². The van der Waals surface area contributed by atoms with Gasteiger partial charge in [0.2, 0.25) is 0 Å². The predicted octanol–water partition coefficient (Wildman–Crippen LogP) is 3.64. The monoisotopic (exact) mass is 329 g/mol. The molecule has 1 aromatic rings. The lowest BCUT2D eigenvalue weighted by Crippen LogP contribution is -2.38. The van der Waals surface area contributed by atoms with Gasteiger partial charge in [-0.2, -0.15) is 0 Å². The highest BCUT2D eigenvalue weighted by molar-refractivity contribution is 9.10. The van der Waals surface area contributed by atoms with E-state index in [2.05, 4.69) is 21.2 Å². The zero-order valence-corrected chi connectivity index (χ0v) is 12.1. The van der Waals surface area contributed by atoms with Gasteiger partial charge in [0.25, 0.3) is 0 Å². The third kappa shape index (κ3) is 3.76. The Hall–Kier alpha value is -0.940. The van der Waals surface area contributed by atoms with Gasteiger partial charge in [0.15, 0.2) is 0 Å². The third-order valence-electron chi connectivity index (χ3n) is 3.52. The summed E-state index contributed by atoms with van der Waals surface area (Å²) in [5.74, 6) is -1.40. The van der Waals surface area contributed by atoms with Crippen molar-refractivity contribution in [3.05, 3.63) is 34.1 Å². The van der Waals surface area contributed by atoms with Crippen molar-refractivity contribution in [3.63, 3.8) is 0 Å². The summed E-state index contributed by atoms with van der Waals surface area (Å²) in [5.41, 5.74) is 0.443. The van der Waals surface area contributed by atoms with Crippen molar-refractivity contribution in [1.82, 2.24) is 5.32 Å². The highest BCUT2D eigenvalue weighted by Gasteiger charge is 2.26. The topological polar surface area (TPSA) is 49.3 Å². The molecule has 5 heteroatoms. The Labute approximate surface area is 120 Å². The Balaban J connectivity index is 2.19. The van der Waals surface area contributed by atoms with Gasteiger partial charge in [-0.3, -0.25) is 10.1 Å². The molecule has 1 aliphatic rings. The van der Waals surface area contributed by atoms with E-state index in [9.17, 15) is 14.3 Å². The lowest BCUT2D eigenvalue weighted by Gasteiger charge is -2.27. The molecule has 2 rings (SSSR count). The van der Waals surface area contributed by atoms with Gasteiger partial charge in [-0.15, -0.1) is 0 Å². The van der Waals surface area contributed by atoms with Crippen LogP contribution in [0.2, 0.25) is 0 Å². The molecule has 19 heavy (non-hydrogen) atoms. The Morgan fingerprint density at radius 2 is 2.05 bits per heavy atom. The molecule has 0 aliphatic heterocycles. The minimum absolute atomic E-state index is 0.199. The average molecular weight is 330 g/mol. The first-order chi connectivity index (χ1) is 9.08. The van der Waals surface area contributed by atoms with Crippen LogP contribution < -0.4 is 5.32 Å². The Morgan fingerprint density at radius 3 is 2.68 bits per heavy atom. The number of carboxylic acid groups (broad SMARTS) is 1. The van der Waals surface area contributed by atoms with Crippen molar-refractivity contribution >= 4 is 21.9 Å². The summed E-state index contributed by atoms with van der Waals surface area (Å²) < 4.78 is 13.9. The lowest BCUT2D eigenvalue weighted by molar-refractivity contribution is -0.140. The van der Waals surface area contributed by atoms with Crippen LogP contribution in [0.25, 0.3) is 0 Å². The number of aliphatic carboxylic acids is 1. The van der Waals surface area contributed by atoms with Gasteiger partial charge in [-0.1, -0.05) is 35.2 Å². The van der Waals surface area contributed by atoms with Crippen molar-refractivity contribution < 1.29 is 14.3 Å². The highest BCUT2D eigenvalue weighted by Crippen LogP contribution is 2.27.